The van der Waals surface area contributed by atoms with Crippen LogP contribution in [0.5, 0.6) is 5.75 Å². The highest BCUT2D eigenvalue weighted by molar-refractivity contribution is 6.16. The number of urea groups is 1. The number of hydrogen-bond acceptors (Lipinski definition) is 3. The van der Waals surface area contributed by atoms with Crippen molar-refractivity contribution in [3.05, 3.63) is 24.3 Å². The molecule has 5 heteroatoms. The maximum atomic E-state index is 12.2. The van der Waals surface area contributed by atoms with Crippen molar-refractivity contribution < 1.29 is 14.3 Å². The lowest BCUT2D eigenvalue weighted by Crippen LogP contribution is -2.55. The zero-order chi connectivity index (χ0) is 13.1. The van der Waals surface area contributed by atoms with Gasteiger partial charge in [-0.3, -0.25) is 4.79 Å². The van der Waals surface area contributed by atoms with E-state index in [1.165, 1.54) is 4.90 Å². The predicted molar refractivity (Wildman–Crippen MR) is 67.7 cm³/mol. The van der Waals surface area contributed by atoms with Crippen molar-refractivity contribution in [2.45, 2.75) is 13.3 Å². The van der Waals surface area contributed by atoms with Crippen LogP contribution in [0, 0.1) is 5.92 Å². The van der Waals surface area contributed by atoms with Gasteiger partial charge in [-0.2, -0.15) is 0 Å². The van der Waals surface area contributed by atoms with Gasteiger partial charge in [0, 0.05) is 12.6 Å². The first-order chi connectivity index (χ1) is 8.67. The molecule has 18 heavy (non-hydrogen) atoms. The third-order valence-electron chi connectivity index (χ3n) is 3.08. The molecule has 0 aliphatic carbocycles. The van der Waals surface area contributed by atoms with Crippen molar-refractivity contribution in [3.63, 3.8) is 0 Å². The molecule has 0 bridgehead atoms. The SMILES string of the molecule is CCC1CNC(=O)N(c2cccc(OC)c2)C1=O. The van der Waals surface area contributed by atoms with E-state index in [1.807, 2.05) is 6.92 Å². The quantitative estimate of drug-likeness (QED) is 0.887. The molecule has 1 atom stereocenters. The summed E-state index contributed by atoms with van der Waals surface area (Å²) in [4.78, 5) is 25.2. The van der Waals surface area contributed by atoms with E-state index in [2.05, 4.69) is 5.32 Å². The van der Waals surface area contributed by atoms with Gasteiger partial charge < -0.3 is 10.1 Å². The zero-order valence-electron chi connectivity index (χ0n) is 10.5. The highest BCUT2D eigenvalue weighted by Crippen LogP contribution is 2.25. The zero-order valence-corrected chi connectivity index (χ0v) is 10.5. The Morgan fingerprint density at radius 2 is 2.22 bits per heavy atom. The number of benzene rings is 1. The largest absolute Gasteiger partial charge is 0.497 e. The van der Waals surface area contributed by atoms with Crippen molar-refractivity contribution in [1.29, 1.82) is 0 Å². The molecule has 96 valence electrons. The van der Waals surface area contributed by atoms with Gasteiger partial charge >= 0.3 is 6.03 Å². The Morgan fingerprint density at radius 1 is 1.44 bits per heavy atom. The number of hydrogen-bond donors (Lipinski definition) is 1. The lowest BCUT2D eigenvalue weighted by Gasteiger charge is -2.30. The second kappa shape index (κ2) is 5.08. The summed E-state index contributed by atoms with van der Waals surface area (Å²) in [7, 11) is 1.55. The molecule has 1 aliphatic heterocycles. The Morgan fingerprint density at radius 3 is 2.89 bits per heavy atom. The number of carbonyl (C=O) groups excluding carboxylic acids is 2. The van der Waals surface area contributed by atoms with Crippen LogP contribution in [0.15, 0.2) is 24.3 Å². The van der Waals surface area contributed by atoms with Crippen LogP contribution in [0.2, 0.25) is 0 Å². The number of anilines is 1. The molecule has 1 unspecified atom stereocenters. The molecule has 1 aromatic rings. The molecule has 0 spiro atoms. The monoisotopic (exact) mass is 248 g/mol. The summed E-state index contributed by atoms with van der Waals surface area (Å²) >= 11 is 0. The molecule has 1 saturated heterocycles. The van der Waals surface area contributed by atoms with Gasteiger partial charge in [0.2, 0.25) is 5.91 Å². The number of nitrogens with zero attached hydrogens (tertiary/aromatic N) is 1. The summed E-state index contributed by atoms with van der Waals surface area (Å²) < 4.78 is 5.10. The number of carbonyl (C=O) groups is 2. The van der Waals surface area contributed by atoms with Crippen molar-refractivity contribution in [2.24, 2.45) is 5.92 Å². The number of ether oxygens (including phenoxy) is 1. The Bertz CT molecular complexity index is 473. The average molecular weight is 248 g/mol. The van der Waals surface area contributed by atoms with Crippen LogP contribution in [0.4, 0.5) is 10.5 Å². The van der Waals surface area contributed by atoms with Crippen LogP contribution < -0.4 is 15.0 Å². The second-order valence-electron chi connectivity index (χ2n) is 4.17. The van der Waals surface area contributed by atoms with Crippen LogP contribution >= 0.6 is 0 Å². The Hall–Kier alpha value is -2.04. The maximum Gasteiger partial charge on any atom is 0.328 e. The molecule has 1 fully saturated rings. The van der Waals surface area contributed by atoms with Gasteiger partial charge in [0.1, 0.15) is 5.75 Å². The third-order valence-corrected chi connectivity index (χ3v) is 3.08. The molecule has 1 aliphatic rings. The van der Waals surface area contributed by atoms with E-state index in [-0.39, 0.29) is 17.9 Å². The Labute approximate surface area is 106 Å². The minimum Gasteiger partial charge on any atom is -0.497 e. The van der Waals surface area contributed by atoms with E-state index in [0.29, 0.717) is 24.4 Å². The van der Waals surface area contributed by atoms with Gasteiger partial charge in [0.05, 0.1) is 18.7 Å². The van der Waals surface area contributed by atoms with Gasteiger partial charge in [0.15, 0.2) is 0 Å². The number of amides is 3. The molecule has 0 aromatic heterocycles. The lowest BCUT2D eigenvalue weighted by atomic mass is 10.0. The third kappa shape index (κ3) is 2.16. The van der Waals surface area contributed by atoms with Crippen LogP contribution in [0.3, 0.4) is 0 Å². The van der Waals surface area contributed by atoms with Crippen molar-refractivity contribution in [1.82, 2.24) is 5.32 Å². The fraction of sp³-hybridized carbons (Fsp3) is 0.385. The molecule has 1 heterocycles. The standard InChI is InChI=1S/C13H16N2O3/c1-3-9-8-14-13(17)15(12(9)16)10-5-4-6-11(7-10)18-2/h4-7,9H,3,8H2,1-2H3,(H,14,17). The highest BCUT2D eigenvalue weighted by Gasteiger charge is 2.34. The van der Waals surface area contributed by atoms with Crippen molar-refractivity contribution >= 4 is 17.6 Å². The fourth-order valence-electron chi connectivity index (χ4n) is 1.97. The number of imide groups is 1. The highest BCUT2D eigenvalue weighted by atomic mass is 16.5. The van der Waals surface area contributed by atoms with Gasteiger partial charge in [-0.15, -0.1) is 0 Å². The van der Waals surface area contributed by atoms with Gasteiger partial charge in [-0.1, -0.05) is 13.0 Å². The van der Waals surface area contributed by atoms with Gasteiger partial charge in [-0.05, 0) is 18.6 Å². The maximum absolute atomic E-state index is 12.2. The first kappa shape index (κ1) is 12.4. The second-order valence-corrected chi connectivity index (χ2v) is 4.17. The Kier molecular flexibility index (Phi) is 3.50. The summed E-state index contributed by atoms with van der Waals surface area (Å²) in [5, 5.41) is 2.72. The first-order valence-electron chi connectivity index (χ1n) is 5.93. The van der Waals surface area contributed by atoms with E-state index >= 15 is 0 Å². The molecule has 0 radical (unpaired) electrons. The summed E-state index contributed by atoms with van der Waals surface area (Å²) in [6.45, 7) is 2.35. The van der Waals surface area contributed by atoms with Gasteiger partial charge in [0.25, 0.3) is 0 Å². The van der Waals surface area contributed by atoms with Crippen LogP contribution in [0.25, 0.3) is 0 Å². The summed E-state index contributed by atoms with van der Waals surface area (Å²) in [5.41, 5.74) is 0.537. The molecular formula is C13H16N2O3. The smallest absolute Gasteiger partial charge is 0.328 e. The molecular weight excluding hydrogens is 232 g/mol. The Balaban J connectivity index is 2.33. The molecule has 1 aromatic carbocycles. The van der Waals surface area contributed by atoms with Crippen LogP contribution in [-0.4, -0.2) is 25.6 Å². The fourth-order valence-corrected chi connectivity index (χ4v) is 1.97. The number of methoxy groups -OCH3 is 1. The molecule has 2 rings (SSSR count). The van der Waals surface area contributed by atoms with Crippen LogP contribution in [-0.2, 0) is 4.79 Å². The minimum absolute atomic E-state index is 0.158. The minimum atomic E-state index is -0.377. The lowest BCUT2D eigenvalue weighted by molar-refractivity contribution is -0.122. The van der Waals surface area contributed by atoms with Crippen molar-refractivity contribution in [3.8, 4) is 5.75 Å². The van der Waals surface area contributed by atoms with Gasteiger partial charge in [-0.25, -0.2) is 9.69 Å². The summed E-state index contributed by atoms with van der Waals surface area (Å²) in [6, 6.07) is 6.54. The van der Waals surface area contributed by atoms with E-state index in [0.717, 1.165) is 0 Å². The van der Waals surface area contributed by atoms with E-state index in [4.69, 9.17) is 4.74 Å². The molecule has 5 nitrogen and oxygen atoms in total. The van der Waals surface area contributed by atoms with E-state index in [1.54, 1.807) is 31.4 Å². The number of nitrogens with one attached hydrogen (secondary N) is 1. The molecule has 1 N–H and O–H groups in total. The topological polar surface area (TPSA) is 58.6 Å². The van der Waals surface area contributed by atoms with Crippen molar-refractivity contribution in [2.75, 3.05) is 18.6 Å². The summed E-state index contributed by atoms with van der Waals surface area (Å²) in [5.74, 6) is 0.301. The van der Waals surface area contributed by atoms with E-state index in [9.17, 15) is 9.59 Å². The molecule has 3 amide bonds. The predicted octanol–water partition coefficient (Wildman–Crippen LogP) is 1.78. The normalized spacial score (nSPS) is 19.7. The first-order valence-corrected chi connectivity index (χ1v) is 5.93. The van der Waals surface area contributed by atoms with E-state index < -0.39 is 0 Å². The average Bonchev–Trinajstić information content (AvgIpc) is 2.39. The van der Waals surface area contributed by atoms with Crippen LogP contribution in [0.1, 0.15) is 13.3 Å². The number of rotatable bonds is 3. The summed E-state index contributed by atoms with van der Waals surface area (Å²) in [6.07, 6.45) is 0.708. The molecule has 0 saturated carbocycles.